The minimum Gasteiger partial charge on any atom is -0.444 e. The molecule has 3 fully saturated rings. The van der Waals surface area contributed by atoms with E-state index in [-0.39, 0.29) is 36.4 Å². The van der Waals surface area contributed by atoms with Crippen LogP contribution in [0.25, 0.3) is 0 Å². The molecular formula is C27H39N5O6. The van der Waals surface area contributed by atoms with Gasteiger partial charge in [0, 0.05) is 45.7 Å². The first kappa shape index (κ1) is 27.8. The van der Waals surface area contributed by atoms with E-state index in [1.54, 1.807) is 9.80 Å². The zero-order valence-electron chi connectivity index (χ0n) is 22.6. The lowest BCUT2D eigenvalue weighted by molar-refractivity contribution is -0.140. The Morgan fingerprint density at radius 3 is 2.42 bits per heavy atom. The number of hydroxylamine groups is 2. The van der Waals surface area contributed by atoms with Crippen LogP contribution in [0.5, 0.6) is 0 Å². The van der Waals surface area contributed by atoms with Crippen LogP contribution in [0, 0.1) is 0 Å². The molecule has 3 heterocycles. The third kappa shape index (κ3) is 7.22. The highest BCUT2D eigenvalue weighted by molar-refractivity contribution is 5.91. The van der Waals surface area contributed by atoms with Gasteiger partial charge in [-0.05, 0) is 39.2 Å². The Labute approximate surface area is 223 Å². The van der Waals surface area contributed by atoms with E-state index in [0.717, 1.165) is 5.56 Å². The molecule has 3 aliphatic heterocycles. The average Bonchev–Trinajstić information content (AvgIpc) is 3.13. The number of fused-ring (bicyclic) bond motifs is 2. The maximum atomic E-state index is 12.9. The normalized spacial score (nSPS) is 22.0. The first-order valence-corrected chi connectivity index (χ1v) is 13.4. The molecule has 11 nitrogen and oxygen atoms in total. The number of rotatable bonds is 9. The SMILES string of the molecule is CC(C)(C)OC(=O)N1CCN(CCC(=O)CNC(=O)[C@@H]2CC[C@@H]3CN2C(=O)N3OCc2ccccc2)CC1. The highest BCUT2D eigenvalue weighted by Gasteiger charge is 2.47. The molecule has 0 unspecified atom stereocenters. The minimum absolute atomic E-state index is 0.0626. The molecule has 11 heteroatoms. The Morgan fingerprint density at radius 2 is 1.74 bits per heavy atom. The number of Topliss-reactive ketones (excluding diaryl/α,β-unsaturated/α-hetero) is 1. The Bertz CT molecular complexity index is 1000. The number of hydrogen-bond acceptors (Lipinski definition) is 7. The zero-order chi connectivity index (χ0) is 27.3. The molecule has 2 bridgehead atoms. The number of piperidine rings is 1. The van der Waals surface area contributed by atoms with Crippen molar-refractivity contribution in [3.8, 4) is 0 Å². The summed E-state index contributed by atoms with van der Waals surface area (Å²) >= 11 is 0. The van der Waals surface area contributed by atoms with Crippen molar-refractivity contribution in [1.82, 2.24) is 25.1 Å². The van der Waals surface area contributed by atoms with Gasteiger partial charge < -0.3 is 19.9 Å². The third-order valence-corrected chi connectivity index (χ3v) is 7.03. The van der Waals surface area contributed by atoms with Gasteiger partial charge in [-0.25, -0.2) is 9.59 Å². The summed E-state index contributed by atoms with van der Waals surface area (Å²) in [6.45, 7) is 9.21. The lowest BCUT2D eigenvalue weighted by Crippen LogP contribution is -2.51. The predicted octanol–water partition coefficient (Wildman–Crippen LogP) is 2.01. The third-order valence-electron chi connectivity index (χ3n) is 7.03. The van der Waals surface area contributed by atoms with Crippen LogP contribution in [-0.4, -0.2) is 107 Å². The summed E-state index contributed by atoms with van der Waals surface area (Å²) in [6, 6.07) is 8.65. The van der Waals surface area contributed by atoms with Gasteiger partial charge in [0.15, 0.2) is 5.78 Å². The number of ketones is 1. The molecule has 4 amide bonds. The molecule has 0 radical (unpaired) electrons. The van der Waals surface area contributed by atoms with Crippen molar-refractivity contribution in [3.63, 3.8) is 0 Å². The molecule has 0 aromatic heterocycles. The van der Waals surface area contributed by atoms with Crippen molar-refractivity contribution >= 4 is 23.8 Å². The van der Waals surface area contributed by atoms with Gasteiger partial charge in [-0.15, -0.1) is 0 Å². The second-order valence-electron chi connectivity index (χ2n) is 11.1. The minimum atomic E-state index is -0.599. The van der Waals surface area contributed by atoms with Gasteiger partial charge in [0.05, 0.1) is 12.6 Å². The van der Waals surface area contributed by atoms with Gasteiger partial charge in [0.2, 0.25) is 5.91 Å². The number of benzene rings is 1. The highest BCUT2D eigenvalue weighted by Crippen LogP contribution is 2.30. The van der Waals surface area contributed by atoms with E-state index >= 15 is 0 Å². The number of amides is 4. The highest BCUT2D eigenvalue weighted by atomic mass is 16.7. The molecule has 1 aromatic rings. The van der Waals surface area contributed by atoms with Crippen LogP contribution >= 0.6 is 0 Å². The standard InChI is InChI=1S/C27H39N5O6/c1-27(2,3)38-26(36)30-15-13-29(14-16-30)12-11-22(33)17-28-24(34)23-10-9-21-18-31(23)25(35)32(21)37-19-20-7-5-4-6-8-20/h4-8,21,23H,9-19H2,1-3H3,(H,28,34)/t21-,23+/m1/s1. The fourth-order valence-electron chi connectivity index (χ4n) is 4.94. The lowest BCUT2D eigenvalue weighted by atomic mass is 10.0. The summed E-state index contributed by atoms with van der Waals surface area (Å²) in [6.07, 6.45) is 1.19. The summed E-state index contributed by atoms with van der Waals surface area (Å²) in [5, 5.41) is 4.13. The molecule has 3 saturated heterocycles. The van der Waals surface area contributed by atoms with E-state index in [9.17, 15) is 19.2 Å². The van der Waals surface area contributed by atoms with E-state index < -0.39 is 11.6 Å². The number of piperazine rings is 1. The Hall–Kier alpha value is -3.18. The van der Waals surface area contributed by atoms with Crippen molar-refractivity contribution in [1.29, 1.82) is 0 Å². The molecule has 1 N–H and O–H groups in total. The summed E-state index contributed by atoms with van der Waals surface area (Å²) in [4.78, 5) is 61.6. The molecule has 4 rings (SSSR count). The van der Waals surface area contributed by atoms with E-state index in [1.807, 2.05) is 51.1 Å². The van der Waals surface area contributed by atoms with Gasteiger partial charge in [-0.2, -0.15) is 5.06 Å². The average molecular weight is 530 g/mol. The van der Waals surface area contributed by atoms with Crippen LogP contribution in [0.15, 0.2) is 30.3 Å². The largest absolute Gasteiger partial charge is 0.444 e. The van der Waals surface area contributed by atoms with Gasteiger partial charge in [0.1, 0.15) is 18.2 Å². The van der Waals surface area contributed by atoms with Gasteiger partial charge in [-0.3, -0.25) is 19.3 Å². The molecule has 0 spiro atoms. The number of carbonyl (C=O) groups is 4. The first-order valence-electron chi connectivity index (χ1n) is 13.4. The second kappa shape index (κ2) is 12.1. The van der Waals surface area contributed by atoms with Gasteiger partial charge in [0.25, 0.3) is 0 Å². The van der Waals surface area contributed by atoms with Crippen LogP contribution in [0.1, 0.15) is 45.6 Å². The number of ether oxygens (including phenoxy) is 1. The Morgan fingerprint density at radius 1 is 1.03 bits per heavy atom. The number of nitrogens with one attached hydrogen (secondary N) is 1. The van der Waals surface area contributed by atoms with Crippen molar-refractivity contribution in [2.45, 2.75) is 64.3 Å². The first-order chi connectivity index (χ1) is 18.1. The van der Waals surface area contributed by atoms with Crippen LogP contribution in [0.3, 0.4) is 0 Å². The molecular weight excluding hydrogens is 490 g/mol. The van der Waals surface area contributed by atoms with E-state index in [1.165, 1.54) is 5.06 Å². The molecule has 0 aliphatic carbocycles. The molecule has 3 aliphatic rings. The summed E-state index contributed by atoms with van der Waals surface area (Å²) < 4.78 is 5.42. The summed E-state index contributed by atoms with van der Waals surface area (Å²) in [5.74, 6) is -0.372. The Kier molecular flexibility index (Phi) is 8.88. The smallest absolute Gasteiger partial charge is 0.410 e. The Balaban J connectivity index is 1.15. The molecule has 38 heavy (non-hydrogen) atoms. The molecule has 208 valence electrons. The van der Waals surface area contributed by atoms with Crippen molar-refractivity contribution in [3.05, 3.63) is 35.9 Å². The van der Waals surface area contributed by atoms with Gasteiger partial charge >= 0.3 is 12.1 Å². The quantitative estimate of drug-likeness (QED) is 0.521. The van der Waals surface area contributed by atoms with Gasteiger partial charge in [-0.1, -0.05) is 30.3 Å². The van der Waals surface area contributed by atoms with Crippen LogP contribution < -0.4 is 5.32 Å². The summed E-state index contributed by atoms with van der Waals surface area (Å²) in [5.41, 5.74) is 0.441. The lowest BCUT2D eigenvalue weighted by Gasteiger charge is -2.35. The molecule has 1 aromatic carbocycles. The number of hydrogen-bond donors (Lipinski definition) is 1. The second-order valence-corrected chi connectivity index (χ2v) is 11.1. The van der Waals surface area contributed by atoms with Crippen molar-refractivity contribution in [2.24, 2.45) is 0 Å². The molecule has 0 saturated carbocycles. The van der Waals surface area contributed by atoms with Crippen molar-refractivity contribution in [2.75, 3.05) is 45.8 Å². The number of urea groups is 1. The van der Waals surface area contributed by atoms with E-state index in [0.29, 0.717) is 65.1 Å². The summed E-state index contributed by atoms with van der Waals surface area (Å²) in [7, 11) is 0. The van der Waals surface area contributed by atoms with Crippen LogP contribution in [-0.2, 0) is 25.8 Å². The van der Waals surface area contributed by atoms with Crippen LogP contribution in [0.2, 0.25) is 0 Å². The van der Waals surface area contributed by atoms with Crippen LogP contribution in [0.4, 0.5) is 9.59 Å². The topological polar surface area (TPSA) is 112 Å². The van der Waals surface area contributed by atoms with E-state index in [2.05, 4.69) is 10.2 Å². The number of nitrogens with zero attached hydrogens (tertiary/aromatic N) is 4. The van der Waals surface area contributed by atoms with Crippen molar-refractivity contribution < 1.29 is 28.8 Å². The monoisotopic (exact) mass is 529 g/mol. The maximum Gasteiger partial charge on any atom is 0.410 e. The molecule has 2 atom stereocenters. The maximum absolute atomic E-state index is 12.9. The number of carbonyl (C=O) groups excluding carboxylic acids is 4. The predicted molar refractivity (Wildman–Crippen MR) is 139 cm³/mol. The van der Waals surface area contributed by atoms with E-state index in [4.69, 9.17) is 9.57 Å². The fourth-order valence-corrected chi connectivity index (χ4v) is 4.94. The zero-order valence-corrected chi connectivity index (χ0v) is 22.6. The fraction of sp³-hybridized carbons (Fsp3) is 0.630.